The number of nitrogens with zero attached hydrogens (tertiary/aromatic N) is 8. The summed E-state index contributed by atoms with van der Waals surface area (Å²) in [5.41, 5.74) is -3.42. The van der Waals surface area contributed by atoms with E-state index in [1.54, 1.807) is 21.1 Å². The summed E-state index contributed by atoms with van der Waals surface area (Å²) in [6.07, 6.45) is -4.06. The Labute approximate surface area is 315 Å². The van der Waals surface area contributed by atoms with Gasteiger partial charge in [-0.3, -0.25) is 4.79 Å². The van der Waals surface area contributed by atoms with Crippen LogP contribution in [-0.2, 0) is 4.79 Å². The van der Waals surface area contributed by atoms with Crippen LogP contribution in [0.3, 0.4) is 0 Å². The Morgan fingerprint density at radius 3 is 1.31 bits per heavy atom. The van der Waals surface area contributed by atoms with E-state index < -0.39 is 43.5 Å². The van der Waals surface area contributed by atoms with E-state index in [2.05, 4.69) is 0 Å². The zero-order valence-electron chi connectivity index (χ0n) is 14.5. The molecule has 0 radical (unpaired) electrons. The van der Waals surface area contributed by atoms with Crippen molar-refractivity contribution in [1.29, 1.82) is 0 Å². The van der Waals surface area contributed by atoms with Gasteiger partial charge in [0.2, 0.25) is 0 Å². The second-order valence-corrected chi connectivity index (χ2v) is 3.39. The molecule has 0 aromatic rings. The summed E-state index contributed by atoms with van der Waals surface area (Å²) < 4.78 is 0. The van der Waals surface area contributed by atoms with E-state index >= 15 is 0 Å². The Hall–Kier alpha value is 3.02. The summed E-state index contributed by atoms with van der Waals surface area (Å²) in [5.74, 6) is -2.15. The minimum atomic E-state index is -3.42. The smallest absolute Gasteiger partial charge is 0.739 e. The quantitative estimate of drug-likeness (QED) is 0.110. The second-order valence-electron chi connectivity index (χ2n) is 3.39. The first kappa shape index (κ1) is 39.5. The molecule has 0 unspecified atom stereocenters. The number of rotatable bonds is 7. The van der Waals surface area contributed by atoms with Gasteiger partial charge >= 0.3 is 223 Å². The maximum atomic E-state index is 12.0. The first-order valence-electron chi connectivity index (χ1n) is 5.03. The van der Waals surface area contributed by atoms with E-state index in [9.17, 15) is 46.5 Å². The van der Waals surface area contributed by atoms with E-state index in [4.69, 9.17) is 0 Å². The monoisotopic (exact) mass is 478 g/mol. The molecule has 17 nitrogen and oxygen atoms in total. The van der Waals surface area contributed by atoms with Gasteiger partial charge in [0, 0.05) is 0 Å². The largest absolute Gasteiger partial charge is 1.00 e. The topological polar surface area (TPSA) is 263 Å². The maximum absolute atomic E-state index is 12.0. The number of hydroxylamine groups is 4. The Morgan fingerprint density at radius 2 is 1.12 bits per heavy atom. The number of ketones is 1. The zero-order valence-corrected chi connectivity index (χ0v) is 27.0. The molecule has 124 valence electrons. The average molecular weight is 479 g/mol. The van der Waals surface area contributed by atoms with E-state index in [0.717, 1.165) is 6.92 Å². The molecule has 0 N–H and O–H groups in total. The van der Waals surface area contributed by atoms with Crippen LogP contribution in [0.25, 0.3) is 0 Å². The number of Topliss-reactive ketones (excluding diaryl/α,β-unsaturated/α-hetero) is 1. The van der Waals surface area contributed by atoms with Gasteiger partial charge in [-0.25, -0.2) is 0 Å². The molecule has 0 bridgehead atoms. The van der Waals surface area contributed by atoms with Crippen LogP contribution in [0.2, 0.25) is 0 Å². The summed E-state index contributed by atoms with van der Waals surface area (Å²) in [4.78, 5) is 7.30. The summed E-state index contributed by atoms with van der Waals surface area (Å²) in [6.45, 7) is 0.897. The van der Waals surface area contributed by atoms with Crippen LogP contribution < -0.4 is 206 Å². The number of hydrogen-bond acceptors (Lipinski definition) is 13. The van der Waals surface area contributed by atoms with E-state index in [1.807, 2.05) is 0 Å². The Morgan fingerprint density at radius 1 is 0.808 bits per heavy atom. The fourth-order valence-corrected chi connectivity index (χ4v) is 1.42. The molecule has 0 spiro atoms. The Bertz CT molecular complexity index is 520. The molecule has 21 heteroatoms. The molecule has 0 fully saturated rings. The van der Waals surface area contributed by atoms with E-state index in [0.29, 0.717) is 0 Å². The normalized spacial score (nSPS) is 12.8. The van der Waals surface area contributed by atoms with Crippen molar-refractivity contribution in [3.8, 4) is 0 Å². The number of carbonyl (C=O) groups excluding carboxylic acids is 1. The van der Waals surface area contributed by atoms with Gasteiger partial charge < -0.3 is 41.7 Å². The molecule has 0 aliphatic heterocycles. The van der Waals surface area contributed by atoms with Gasteiger partial charge in [0.25, 0.3) is 0 Å². The minimum Gasteiger partial charge on any atom is -0.739 e. The molecule has 0 aromatic carbocycles. The molecule has 0 aliphatic carbocycles. The van der Waals surface area contributed by atoms with Crippen molar-refractivity contribution >= 4 is 5.78 Å². The van der Waals surface area contributed by atoms with Crippen molar-refractivity contribution in [2.24, 2.45) is 21.1 Å². The molecule has 0 aromatic heterocycles. The van der Waals surface area contributed by atoms with E-state index in [-0.39, 0.29) is 206 Å². The molecule has 0 atom stereocenters. The Balaban J connectivity index is -0.000000367. The summed E-state index contributed by atoms with van der Waals surface area (Å²) >= 11 is 0. The first-order chi connectivity index (χ1) is 10.3. The molecule has 0 heterocycles. The van der Waals surface area contributed by atoms with Crippen LogP contribution in [0, 0.1) is 41.7 Å². The van der Waals surface area contributed by atoms with Crippen LogP contribution in [0.15, 0.2) is 21.1 Å². The zero-order chi connectivity index (χ0) is 17.5. The van der Waals surface area contributed by atoms with Gasteiger partial charge in [-0.05, 0) is 40.6 Å². The van der Waals surface area contributed by atoms with Crippen molar-refractivity contribution in [1.82, 2.24) is 0 Å². The number of carbonyl (C=O) groups is 1. The molecule has 0 saturated carbocycles. The van der Waals surface area contributed by atoms with Gasteiger partial charge in [-0.1, -0.05) is 6.92 Å². The van der Waals surface area contributed by atoms with Crippen molar-refractivity contribution < 1.29 is 230 Å². The predicted octanol–water partition coefficient (Wildman–Crippen LogP) is -12.2. The van der Waals surface area contributed by atoms with Gasteiger partial charge in [0.15, 0.2) is 0 Å². The standard InChI is InChI=1S/C5H10N8O9.4K/c1-2-5(12(21)8-17,13(22)9-18)3(14)4(10(19)6-15)11(20)7-16;;;;/h4,15-18H,2H2,1H3;;;;/q;4*+1/p-4/b10-6-,11-7-,12-8-,13-9-;;;;. The summed E-state index contributed by atoms with van der Waals surface area (Å²) in [7, 11) is 0. The van der Waals surface area contributed by atoms with Crippen molar-refractivity contribution in [2.75, 3.05) is 0 Å². The molecule has 0 rings (SSSR count). The third-order valence-electron chi connectivity index (χ3n) is 2.48. The predicted molar refractivity (Wildman–Crippen MR) is 59.5 cm³/mol. The van der Waals surface area contributed by atoms with Crippen LogP contribution in [-0.4, -0.2) is 37.1 Å². The van der Waals surface area contributed by atoms with Crippen molar-refractivity contribution in [3.63, 3.8) is 0 Å². The molecular formula is C5H6K4N8O9. The van der Waals surface area contributed by atoms with Gasteiger partial charge in [0.05, 0.1) is 6.42 Å². The summed E-state index contributed by atoms with van der Waals surface area (Å²) in [6, 6.07) is 0. The third-order valence-corrected chi connectivity index (χ3v) is 2.48. The molecule has 0 amide bonds. The van der Waals surface area contributed by atoms with Gasteiger partial charge in [-0.2, -0.15) is 0 Å². The average Bonchev–Trinajstić information content (AvgIpc) is 2.54. The fourth-order valence-electron chi connectivity index (χ4n) is 1.42. The molecule has 0 saturated heterocycles. The molecule has 26 heavy (non-hydrogen) atoms. The SMILES string of the molecule is CCC(C(=O)C(/[N+]([O-])=N/[O-])/[N+]([O-])=N/[O-])(/[N+]([O-])=N/[O-])/[N+]([O-])=N/[O-].[K+].[K+].[K+].[K+]. The maximum Gasteiger partial charge on any atom is 1.00 e. The number of hydrogen-bond donors (Lipinski definition) is 0. The second kappa shape index (κ2) is 19.9. The van der Waals surface area contributed by atoms with Gasteiger partial charge in [-0.15, -0.1) is 0 Å². The first-order valence-corrected chi connectivity index (χ1v) is 5.03. The van der Waals surface area contributed by atoms with Crippen molar-refractivity contribution in [2.45, 2.75) is 25.2 Å². The van der Waals surface area contributed by atoms with Crippen LogP contribution in [0.1, 0.15) is 13.3 Å². The molecule has 0 aliphatic rings. The van der Waals surface area contributed by atoms with E-state index in [1.165, 1.54) is 0 Å². The third kappa shape index (κ3) is 9.44. The van der Waals surface area contributed by atoms with Crippen molar-refractivity contribution in [3.05, 3.63) is 41.7 Å². The Kier molecular flexibility index (Phi) is 30.3. The van der Waals surface area contributed by atoms with Gasteiger partial charge in [0.1, 0.15) is 0 Å². The molecular weight excluding hydrogens is 472 g/mol. The minimum absolute atomic E-state index is 0. The fraction of sp³-hybridized carbons (Fsp3) is 0.800. The summed E-state index contributed by atoms with van der Waals surface area (Å²) in [5, 5.41) is 92.2. The van der Waals surface area contributed by atoms with Crippen LogP contribution >= 0.6 is 0 Å². The van der Waals surface area contributed by atoms with Crippen LogP contribution in [0.5, 0.6) is 0 Å². The van der Waals surface area contributed by atoms with Crippen LogP contribution in [0.4, 0.5) is 0 Å².